The van der Waals surface area contributed by atoms with Crippen molar-refractivity contribution in [1.82, 2.24) is 9.80 Å². The number of piperazine rings is 1. The smallest absolute Gasteiger partial charge is 0.321 e. The van der Waals surface area contributed by atoms with E-state index in [0.717, 1.165) is 39.0 Å². The van der Waals surface area contributed by atoms with Gasteiger partial charge in [-0.15, -0.1) is 0 Å². The summed E-state index contributed by atoms with van der Waals surface area (Å²) in [5, 5.41) is 3.83. The second kappa shape index (κ2) is 7.47. The molecule has 1 N–H and O–H groups in total. The Balaban J connectivity index is 1.31. The first kappa shape index (κ1) is 17.7. The van der Waals surface area contributed by atoms with Gasteiger partial charge in [-0.2, -0.15) is 0 Å². The van der Waals surface area contributed by atoms with E-state index in [9.17, 15) is 4.79 Å². The average Bonchev–Trinajstić information content (AvgIpc) is 3.09. The fraction of sp³-hybridized carbons (Fsp3) is 0.350. The lowest BCUT2D eigenvalue weighted by atomic mass is 10.1. The minimum atomic E-state index is -0.0854. The van der Waals surface area contributed by atoms with Crippen LogP contribution >= 0.6 is 23.2 Å². The molecule has 0 unspecified atom stereocenters. The number of carbonyl (C=O) groups is 1. The highest BCUT2D eigenvalue weighted by Gasteiger charge is 2.30. The van der Waals surface area contributed by atoms with Crippen molar-refractivity contribution in [3.63, 3.8) is 0 Å². The number of hydrogen-bond acceptors (Lipinski definition) is 2. The summed E-state index contributed by atoms with van der Waals surface area (Å²) in [6.45, 7) is 3.29. The van der Waals surface area contributed by atoms with Crippen molar-refractivity contribution < 1.29 is 4.79 Å². The summed E-state index contributed by atoms with van der Waals surface area (Å²) in [4.78, 5) is 16.9. The number of benzene rings is 2. The molecule has 2 amide bonds. The zero-order valence-corrected chi connectivity index (χ0v) is 15.9. The summed E-state index contributed by atoms with van der Waals surface area (Å²) >= 11 is 11.9. The van der Waals surface area contributed by atoms with Crippen molar-refractivity contribution in [1.29, 1.82) is 0 Å². The fourth-order valence-corrected chi connectivity index (χ4v) is 4.16. The Hall–Kier alpha value is -1.75. The molecule has 0 atom stereocenters. The third-order valence-corrected chi connectivity index (χ3v) is 6.06. The van der Waals surface area contributed by atoms with Crippen molar-refractivity contribution in [2.75, 3.05) is 31.5 Å². The first-order valence-electron chi connectivity index (χ1n) is 8.92. The average molecular weight is 390 g/mol. The van der Waals surface area contributed by atoms with Gasteiger partial charge in [0.15, 0.2) is 0 Å². The Kier molecular flexibility index (Phi) is 5.07. The second-order valence-electron chi connectivity index (χ2n) is 6.91. The maximum absolute atomic E-state index is 12.5. The topological polar surface area (TPSA) is 35.6 Å². The van der Waals surface area contributed by atoms with Crippen molar-refractivity contribution >= 4 is 34.9 Å². The molecule has 0 aromatic heterocycles. The van der Waals surface area contributed by atoms with Crippen LogP contribution in [0.3, 0.4) is 0 Å². The van der Waals surface area contributed by atoms with Crippen LogP contribution in [0, 0.1) is 0 Å². The van der Waals surface area contributed by atoms with Crippen LogP contribution < -0.4 is 5.32 Å². The summed E-state index contributed by atoms with van der Waals surface area (Å²) in [6.07, 6.45) is 2.23. The highest BCUT2D eigenvalue weighted by atomic mass is 35.5. The van der Waals surface area contributed by atoms with Crippen LogP contribution in [0.1, 0.15) is 11.1 Å². The van der Waals surface area contributed by atoms with Gasteiger partial charge in [0.2, 0.25) is 0 Å². The van der Waals surface area contributed by atoms with E-state index in [1.807, 2.05) is 4.90 Å². The fourth-order valence-electron chi connectivity index (χ4n) is 3.86. The molecule has 0 saturated carbocycles. The van der Waals surface area contributed by atoms with Gasteiger partial charge in [0.25, 0.3) is 0 Å². The lowest BCUT2D eigenvalue weighted by molar-refractivity contribution is 0.116. The molecule has 1 aliphatic carbocycles. The van der Waals surface area contributed by atoms with Crippen LogP contribution in [-0.4, -0.2) is 48.1 Å². The number of nitrogens with zero attached hydrogens (tertiary/aromatic N) is 2. The molecule has 2 aromatic carbocycles. The van der Waals surface area contributed by atoms with Crippen LogP contribution in [0.2, 0.25) is 10.0 Å². The number of hydrogen-bond donors (Lipinski definition) is 1. The molecule has 0 spiro atoms. The molecule has 0 radical (unpaired) electrons. The maximum atomic E-state index is 12.5. The molecule has 4 nitrogen and oxygen atoms in total. The summed E-state index contributed by atoms with van der Waals surface area (Å²) in [7, 11) is 0. The molecule has 1 saturated heterocycles. The Bertz CT molecular complexity index is 793. The minimum absolute atomic E-state index is 0.0854. The largest absolute Gasteiger partial charge is 0.322 e. The predicted molar refractivity (Wildman–Crippen MR) is 106 cm³/mol. The van der Waals surface area contributed by atoms with Gasteiger partial charge in [-0.05, 0) is 42.2 Å². The second-order valence-corrected chi connectivity index (χ2v) is 7.73. The summed E-state index contributed by atoms with van der Waals surface area (Å²) in [6, 6.07) is 14.3. The van der Waals surface area contributed by atoms with Gasteiger partial charge in [0.05, 0.1) is 10.0 Å². The van der Waals surface area contributed by atoms with Crippen LogP contribution in [-0.2, 0) is 12.8 Å². The third-order valence-electron chi connectivity index (χ3n) is 5.32. The molecule has 6 heteroatoms. The molecule has 136 valence electrons. The normalized spacial score (nSPS) is 18.0. The Morgan fingerprint density at radius 2 is 1.58 bits per heavy atom. The van der Waals surface area contributed by atoms with Gasteiger partial charge >= 0.3 is 6.03 Å². The van der Waals surface area contributed by atoms with Gasteiger partial charge < -0.3 is 10.2 Å². The molecule has 0 bridgehead atoms. The van der Waals surface area contributed by atoms with E-state index in [4.69, 9.17) is 23.2 Å². The first-order valence-corrected chi connectivity index (χ1v) is 9.67. The Morgan fingerprint density at radius 3 is 2.19 bits per heavy atom. The van der Waals surface area contributed by atoms with Gasteiger partial charge in [-0.3, -0.25) is 4.90 Å². The van der Waals surface area contributed by atoms with Crippen LogP contribution in [0.4, 0.5) is 10.5 Å². The molecule has 2 aliphatic rings. The summed E-state index contributed by atoms with van der Waals surface area (Å²) < 4.78 is 0. The van der Waals surface area contributed by atoms with Gasteiger partial charge in [0, 0.05) is 37.9 Å². The van der Waals surface area contributed by atoms with Crippen molar-refractivity contribution in [3.8, 4) is 0 Å². The van der Waals surface area contributed by atoms with Crippen LogP contribution in [0.25, 0.3) is 0 Å². The van der Waals surface area contributed by atoms with Gasteiger partial charge in [-0.1, -0.05) is 47.5 Å². The highest BCUT2D eigenvalue weighted by molar-refractivity contribution is 6.42. The number of anilines is 1. The number of urea groups is 1. The highest BCUT2D eigenvalue weighted by Crippen LogP contribution is 2.27. The first-order chi connectivity index (χ1) is 12.6. The van der Waals surface area contributed by atoms with Gasteiger partial charge in [0.1, 0.15) is 0 Å². The summed E-state index contributed by atoms with van der Waals surface area (Å²) in [5.74, 6) is 0. The number of fused-ring (bicyclic) bond motifs is 1. The van der Waals surface area contributed by atoms with E-state index in [1.165, 1.54) is 11.1 Å². The standard InChI is InChI=1S/C20H21Cl2N3O/c21-18-6-5-16(13-19(18)22)23-20(26)25-9-7-24(8-10-25)17-11-14-3-1-2-4-15(14)12-17/h1-6,13,17H,7-12H2,(H,23,26). The number of amides is 2. The lowest BCUT2D eigenvalue weighted by Gasteiger charge is -2.38. The molecule has 1 fully saturated rings. The van der Waals surface area contributed by atoms with Crippen molar-refractivity contribution in [2.45, 2.75) is 18.9 Å². The molecule has 4 rings (SSSR count). The van der Waals surface area contributed by atoms with Crippen molar-refractivity contribution in [3.05, 3.63) is 63.6 Å². The van der Waals surface area contributed by atoms with E-state index < -0.39 is 0 Å². The minimum Gasteiger partial charge on any atom is -0.322 e. The van der Waals surface area contributed by atoms with Crippen LogP contribution in [0.5, 0.6) is 0 Å². The van der Waals surface area contributed by atoms with E-state index in [2.05, 4.69) is 34.5 Å². The zero-order chi connectivity index (χ0) is 18.1. The number of halogens is 2. The maximum Gasteiger partial charge on any atom is 0.321 e. The SMILES string of the molecule is O=C(Nc1ccc(Cl)c(Cl)c1)N1CCN(C2Cc3ccccc3C2)CC1. The van der Waals surface area contributed by atoms with Crippen LogP contribution in [0.15, 0.2) is 42.5 Å². The van der Waals surface area contributed by atoms with Crippen molar-refractivity contribution in [2.24, 2.45) is 0 Å². The molecule has 2 aromatic rings. The van der Waals surface area contributed by atoms with E-state index in [0.29, 0.717) is 21.8 Å². The molecule has 1 aliphatic heterocycles. The Labute approximate surface area is 163 Å². The Morgan fingerprint density at radius 1 is 0.923 bits per heavy atom. The molecular formula is C20H21Cl2N3O. The summed E-state index contributed by atoms with van der Waals surface area (Å²) in [5.41, 5.74) is 3.60. The zero-order valence-electron chi connectivity index (χ0n) is 14.4. The number of nitrogens with one attached hydrogen (secondary N) is 1. The molecular weight excluding hydrogens is 369 g/mol. The lowest BCUT2D eigenvalue weighted by Crippen LogP contribution is -2.53. The molecule has 1 heterocycles. The third kappa shape index (κ3) is 3.68. The van der Waals surface area contributed by atoms with E-state index in [-0.39, 0.29) is 6.03 Å². The van der Waals surface area contributed by atoms with E-state index in [1.54, 1.807) is 18.2 Å². The van der Waals surface area contributed by atoms with E-state index >= 15 is 0 Å². The predicted octanol–water partition coefficient (Wildman–Crippen LogP) is 4.31. The quantitative estimate of drug-likeness (QED) is 0.830. The van der Waals surface area contributed by atoms with Gasteiger partial charge in [-0.25, -0.2) is 4.79 Å². The monoisotopic (exact) mass is 389 g/mol. The number of carbonyl (C=O) groups excluding carboxylic acids is 1. The molecule has 26 heavy (non-hydrogen) atoms. The number of rotatable bonds is 2.